The van der Waals surface area contributed by atoms with Crippen LogP contribution in [0.15, 0.2) is 0 Å². The molecule has 1 atom stereocenters. The molecule has 0 saturated heterocycles. The molecule has 0 amide bonds. The van der Waals surface area contributed by atoms with E-state index in [-0.39, 0.29) is 12.0 Å². The predicted molar refractivity (Wildman–Crippen MR) is 69.3 cm³/mol. The number of aromatic nitrogens is 2. The average Bonchev–Trinajstić information content (AvgIpc) is 3.00. The Balaban J connectivity index is 2.44. The van der Waals surface area contributed by atoms with Crippen LogP contribution in [0.2, 0.25) is 5.15 Å². The zero-order valence-electron chi connectivity index (χ0n) is 11.0. The molecule has 1 aromatic rings. The van der Waals surface area contributed by atoms with Crippen LogP contribution in [0.1, 0.15) is 57.8 Å². The second-order valence-electron chi connectivity index (χ2n) is 6.05. The average molecular weight is 257 g/mol. The molecule has 1 unspecified atom stereocenters. The number of rotatable bonds is 3. The van der Waals surface area contributed by atoms with Gasteiger partial charge in [0.15, 0.2) is 0 Å². The second-order valence-corrected chi connectivity index (χ2v) is 6.41. The van der Waals surface area contributed by atoms with Crippen molar-refractivity contribution in [2.45, 2.75) is 58.6 Å². The van der Waals surface area contributed by atoms with Crippen molar-refractivity contribution in [1.29, 1.82) is 0 Å². The molecule has 96 valence electrons. The van der Waals surface area contributed by atoms with E-state index in [0.29, 0.717) is 17.1 Å². The van der Waals surface area contributed by atoms with E-state index in [4.69, 9.17) is 11.6 Å². The molecule has 0 radical (unpaired) electrons. The van der Waals surface area contributed by atoms with Gasteiger partial charge in [0, 0.05) is 11.0 Å². The first-order chi connectivity index (χ1) is 7.86. The topological polar surface area (TPSA) is 38.0 Å². The molecule has 0 bridgehead atoms. The summed E-state index contributed by atoms with van der Waals surface area (Å²) in [6.45, 7) is 8.40. The van der Waals surface area contributed by atoms with E-state index in [1.807, 2.05) is 4.68 Å². The summed E-state index contributed by atoms with van der Waals surface area (Å²) in [5, 5.41) is 14.7. The van der Waals surface area contributed by atoms with Crippen molar-refractivity contribution in [2.75, 3.05) is 0 Å². The molecule has 1 fully saturated rings. The third-order valence-corrected chi connectivity index (χ3v) is 3.90. The van der Waals surface area contributed by atoms with Gasteiger partial charge in [-0.15, -0.1) is 0 Å². The molecule has 1 aliphatic carbocycles. The van der Waals surface area contributed by atoms with Gasteiger partial charge in [0.05, 0.1) is 18.3 Å². The standard InChI is InChI=1S/C13H21ClN2O/c1-8(9-5-6-9)16-12(14)10(7-17)11(15-16)13(2,3)4/h8-9,17H,5-7H2,1-4H3. The third-order valence-electron chi connectivity index (χ3n) is 3.50. The lowest BCUT2D eigenvalue weighted by Gasteiger charge is -2.17. The lowest BCUT2D eigenvalue weighted by Crippen LogP contribution is -2.16. The van der Waals surface area contributed by atoms with E-state index in [2.05, 4.69) is 32.8 Å². The smallest absolute Gasteiger partial charge is 0.133 e. The molecule has 0 aromatic carbocycles. The van der Waals surface area contributed by atoms with Crippen molar-refractivity contribution in [3.8, 4) is 0 Å². The number of hydrogen-bond donors (Lipinski definition) is 1. The lowest BCUT2D eigenvalue weighted by atomic mass is 9.90. The van der Waals surface area contributed by atoms with Crippen molar-refractivity contribution in [1.82, 2.24) is 9.78 Å². The highest BCUT2D eigenvalue weighted by molar-refractivity contribution is 6.30. The molecule has 1 aromatic heterocycles. The maximum absolute atomic E-state index is 9.47. The van der Waals surface area contributed by atoms with Gasteiger partial charge in [0.25, 0.3) is 0 Å². The van der Waals surface area contributed by atoms with Crippen molar-refractivity contribution < 1.29 is 5.11 Å². The molecule has 0 aliphatic heterocycles. The Hall–Kier alpha value is -0.540. The molecule has 0 spiro atoms. The quantitative estimate of drug-likeness (QED) is 0.901. The zero-order valence-corrected chi connectivity index (χ0v) is 11.8. The van der Waals surface area contributed by atoms with E-state index in [1.165, 1.54) is 12.8 Å². The summed E-state index contributed by atoms with van der Waals surface area (Å²) < 4.78 is 1.89. The molecule has 3 nitrogen and oxygen atoms in total. The van der Waals surface area contributed by atoms with E-state index in [0.717, 1.165) is 11.3 Å². The monoisotopic (exact) mass is 256 g/mol. The fourth-order valence-electron chi connectivity index (χ4n) is 2.24. The summed E-state index contributed by atoms with van der Waals surface area (Å²) in [7, 11) is 0. The zero-order chi connectivity index (χ0) is 12.8. The predicted octanol–water partition coefficient (Wildman–Crippen LogP) is 3.30. The number of aliphatic hydroxyl groups excluding tert-OH is 1. The van der Waals surface area contributed by atoms with Gasteiger partial charge < -0.3 is 5.11 Å². The van der Waals surface area contributed by atoms with Crippen LogP contribution in [0.25, 0.3) is 0 Å². The van der Waals surface area contributed by atoms with Gasteiger partial charge in [-0.1, -0.05) is 32.4 Å². The highest BCUT2D eigenvalue weighted by Gasteiger charge is 2.33. The normalized spacial score (nSPS) is 18.5. The van der Waals surface area contributed by atoms with Crippen LogP contribution >= 0.6 is 11.6 Å². The van der Waals surface area contributed by atoms with Crippen LogP contribution in [0.3, 0.4) is 0 Å². The molecule has 1 N–H and O–H groups in total. The molecule has 2 rings (SSSR count). The van der Waals surface area contributed by atoms with Crippen LogP contribution < -0.4 is 0 Å². The van der Waals surface area contributed by atoms with Gasteiger partial charge in [-0.2, -0.15) is 5.10 Å². The Morgan fingerprint density at radius 2 is 2.06 bits per heavy atom. The van der Waals surface area contributed by atoms with Gasteiger partial charge in [-0.25, -0.2) is 0 Å². The van der Waals surface area contributed by atoms with E-state index >= 15 is 0 Å². The van der Waals surface area contributed by atoms with Gasteiger partial charge in [0.1, 0.15) is 5.15 Å². The Morgan fingerprint density at radius 1 is 1.47 bits per heavy atom. The minimum Gasteiger partial charge on any atom is -0.391 e. The van der Waals surface area contributed by atoms with Gasteiger partial charge in [-0.05, 0) is 25.7 Å². The summed E-state index contributed by atoms with van der Waals surface area (Å²) >= 11 is 6.34. The van der Waals surface area contributed by atoms with Gasteiger partial charge in [0.2, 0.25) is 0 Å². The first-order valence-electron chi connectivity index (χ1n) is 6.24. The fraction of sp³-hybridized carbons (Fsp3) is 0.769. The van der Waals surface area contributed by atoms with E-state index in [1.54, 1.807) is 0 Å². The summed E-state index contributed by atoms with van der Waals surface area (Å²) in [5.74, 6) is 0.701. The first-order valence-corrected chi connectivity index (χ1v) is 6.62. The van der Waals surface area contributed by atoms with Crippen molar-refractivity contribution in [3.05, 3.63) is 16.4 Å². The molecule has 1 saturated carbocycles. The maximum atomic E-state index is 9.47. The minimum atomic E-state index is -0.0871. The second kappa shape index (κ2) is 4.29. The SMILES string of the molecule is CC(C1CC1)n1nc(C(C)(C)C)c(CO)c1Cl. The minimum absolute atomic E-state index is 0.0389. The highest BCUT2D eigenvalue weighted by atomic mass is 35.5. The summed E-state index contributed by atoms with van der Waals surface area (Å²) in [4.78, 5) is 0. The molecule has 17 heavy (non-hydrogen) atoms. The van der Waals surface area contributed by atoms with Crippen LogP contribution in [0, 0.1) is 5.92 Å². The summed E-state index contributed by atoms with van der Waals surface area (Å²) in [5.41, 5.74) is 1.61. The Labute approximate surface area is 108 Å². The first kappa shape index (κ1) is 12.9. The van der Waals surface area contributed by atoms with E-state index in [9.17, 15) is 5.11 Å². The molecule has 4 heteroatoms. The number of halogens is 1. The Bertz CT molecular complexity index is 416. The summed E-state index contributed by atoms with van der Waals surface area (Å²) in [6, 6.07) is 0.337. The highest BCUT2D eigenvalue weighted by Crippen LogP contribution is 2.42. The van der Waals surface area contributed by atoms with Crippen molar-refractivity contribution in [2.24, 2.45) is 5.92 Å². The van der Waals surface area contributed by atoms with Crippen molar-refractivity contribution >= 4 is 11.6 Å². The molecule has 1 heterocycles. The fourth-order valence-corrected chi connectivity index (χ4v) is 2.58. The number of aliphatic hydroxyl groups is 1. The lowest BCUT2D eigenvalue weighted by molar-refractivity contribution is 0.278. The van der Waals surface area contributed by atoms with Gasteiger partial charge in [-0.3, -0.25) is 4.68 Å². The Kier molecular flexibility index (Phi) is 3.25. The van der Waals surface area contributed by atoms with E-state index < -0.39 is 0 Å². The summed E-state index contributed by atoms with van der Waals surface area (Å²) in [6.07, 6.45) is 2.52. The van der Waals surface area contributed by atoms with Crippen LogP contribution in [-0.4, -0.2) is 14.9 Å². The van der Waals surface area contributed by atoms with Crippen LogP contribution in [0.4, 0.5) is 0 Å². The number of nitrogens with zero attached hydrogens (tertiary/aromatic N) is 2. The third kappa shape index (κ3) is 2.36. The number of hydrogen-bond acceptors (Lipinski definition) is 2. The maximum Gasteiger partial charge on any atom is 0.133 e. The van der Waals surface area contributed by atoms with Gasteiger partial charge >= 0.3 is 0 Å². The van der Waals surface area contributed by atoms with Crippen LogP contribution in [-0.2, 0) is 12.0 Å². The largest absolute Gasteiger partial charge is 0.391 e. The molecule has 1 aliphatic rings. The Morgan fingerprint density at radius 3 is 2.41 bits per heavy atom. The van der Waals surface area contributed by atoms with Crippen LogP contribution in [0.5, 0.6) is 0 Å². The molecular formula is C13H21ClN2O. The molecular weight excluding hydrogens is 236 g/mol. The van der Waals surface area contributed by atoms with Crippen molar-refractivity contribution in [3.63, 3.8) is 0 Å².